The molecule has 2 bridgehead atoms. The summed E-state index contributed by atoms with van der Waals surface area (Å²) in [5.41, 5.74) is 0.437. The summed E-state index contributed by atoms with van der Waals surface area (Å²) < 4.78 is 35.3. The van der Waals surface area contributed by atoms with Gasteiger partial charge in [0.1, 0.15) is 17.7 Å². The number of halogens is 2. The van der Waals surface area contributed by atoms with Crippen LogP contribution in [0.5, 0.6) is 11.6 Å². The van der Waals surface area contributed by atoms with Crippen LogP contribution in [0.3, 0.4) is 0 Å². The molecule has 194 valence electrons. The van der Waals surface area contributed by atoms with Gasteiger partial charge in [0.25, 0.3) is 0 Å². The maximum atomic E-state index is 15.8. The minimum absolute atomic E-state index is 0.0954. The quantitative estimate of drug-likeness (QED) is 0.505. The molecule has 3 fully saturated rings. The van der Waals surface area contributed by atoms with Crippen molar-refractivity contribution in [2.75, 3.05) is 12.0 Å². The van der Waals surface area contributed by atoms with E-state index in [0.717, 1.165) is 31.9 Å². The van der Waals surface area contributed by atoms with Crippen LogP contribution < -0.4 is 15.0 Å². The number of rotatable bonds is 6. The van der Waals surface area contributed by atoms with E-state index >= 15 is 4.39 Å². The maximum absolute atomic E-state index is 15.8. The monoisotopic (exact) mass is 508 g/mol. The van der Waals surface area contributed by atoms with Gasteiger partial charge in [0.05, 0.1) is 31.1 Å². The SMILES string of the molecule is COc1cc(-c2ccc(-c3ncc(N(C4CC4)[C@@H]4C[C@@]5(C)CC[C@](C)(N5)[C@@H]4F)nn3)c(O)c2)c(F)cn1. The molecule has 0 unspecified atom stereocenters. The molecule has 8 nitrogen and oxygen atoms in total. The van der Waals surface area contributed by atoms with Gasteiger partial charge in [-0.3, -0.25) is 0 Å². The largest absolute Gasteiger partial charge is 0.507 e. The number of nitrogens with one attached hydrogen (secondary N) is 1. The lowest BCUT2D eigenvalue weighted by molar-refractivity contribution is 0.0831. The van der Waals surface area contributed by atoms with E-state index in [2.05, 4.69) is 37.3 Å². The lowest BCUT2D eigenvalue weighted by atomic mass is 9.82. The van der Waals surface area contributed by atoms with Crippen LogP contribution in [0.15, 0.2) is 36.7 Å². The molecule has 2 N–H and O–H groups in total. The van der Waals surface area contributed by atoms with Gasteiger partial charge in [0.2, 0.25) is 5.88 Å². The molecule has 2 saturated heterocycles. The summed E-state index contributed by atoms with van der Waals surface area (Å²) in [7, 11) is 1.45. The number of aromatic nitrogens is 4. The fraction of sp³-hybridized carbons (Fsp3) is 0.481. The van der Waals surface area contributed by atoms with Gasteiger partial charge >= 0.3 is 0 Å². The zero-order valence-electron chi connectivity index (χ0n) is 21.1. The number of methoxy groups -OCH3 is 1. The van der Waals surface area contributed by atoms with E-state index in [1.807, 2.05) is 6.92 Å². The van der Waals surface area contributed by atoms with Crippen molar-refractivity contribution in [3.8, 4) is 34.1 Å². The van der Waals surface area contributed by atoms with E-state index < -0.39 is 17.5 Å². The molecule has 4 atom stereocenters. The summed E-state index contributed by atoms with van der Waals surface area (Å²) in [5, 5.41) is 23.0. The normalized spacial score (nSPS) is 28.8. The van der Waals surface area contributed by atoms with Gasteiger partial charge < -0.3 is 20.1 Å². The molecule has 3 aliphatic rings. The van der Waals surface area contributed by atoms with Gasteiger partial charge in [-0.15, -0.1) is 10.2 Å². The number of hydrogen-bond acceptors (Lipinski definition) is 8. The van der Waals surface area contributed by atoms with Gasteiger partial charge in [0.15, 0.2) is 11.6 Å². The lowest BCUT2D eigenvalue weighted by Gasteiger charge is -2.48. The Morgan fingerprint density at radius 3 is 2.57 bits per heavy atom. The van der Waals surface area contributed by atoms with Crippen molar-refractivity contribution >= 4 is 5.82 Å². The van der Waals surface area contributed by atoms with Gasteiger partial charge in [-0.25, -0.2) is 18.7 Å². The first-order valence-corrected chi connectivity index (χ1v) is 12.6. The molecule has 2 aliphatic heterocycles. The number of benzene rings is 1. The van der Waals surface area contributed by atoms with Crippen molar-refractivity contribution in [3.05, 3.63) is 42.5 Å². The smallest absolute Gasteiger partial charge is 0.213 e. The first-order valence-electron chi connectivity index (χ1n) is 12.6. The first-order chi connectivity index (χ1) is 17.7. The second-order valence-electron chi connectivity index (χ2n) is 11.0. The lowest BCUT2D eigenvalue weighted by Crippen LogP contribution is -2.66. The second kappa shape index (κ2) is 8.58. The number of ether oxygens (including phenoxy) is 1. The minimum Gasteiger partial charge on any atom is -0.507 e. The highest BCUT2D eigenvalue weighted by molar-refractivity contribution is 5.73. The molecule has 0 spiro atoms. The Hall–Kier alpha value is -3.40. The predicted octanol–water partition coefficient (Wildman–Crippen LogP) is 4.43. The molecule has 0 radical (unpaired) electrons. The Kier molecular flexibility index (Phi) is 5.56. The molecule has 10 heteroatoms. The van der Waals surface area contributed by atoms with Crippen LogP contribution in [-0.2, 0) is 0 Å². The first kappa shape index (κ1) is 24.0. The van der Waals surface area contributed by atoms with E-state index in [0.29, 0.717) is 23.4 Å². The molecule has 1 aromatic carbocycles. The number of alkyl halides is 1. The van der Waals surface area contributed by atoms with Crippen molar-refractivity contribution in [1.29, 1.82) is 0 Å². The number of phenols is 1. The van der Waals surface area contributed by atoms with Crippen molar-refractivity contribution < 1.29 is 18.6 Å². The Morgan fingerprint density at radius 2 is 1.89 bits per heavy atom. The standard InChI is InChI=1S/C27H30F2N6O2/c1-26-8-9-27(2,34-26)24(29)20(12-26)35(16-5-6-16)22-14-31-25(33-32-22)17-7-4-15(10-21(17)36)18-11-23(37-3)30-13-19(18)28/h4,7,10-11,13-14,16,20,24,34,36H,5-6,8-9,12H2,1-3H3/t20-,24-,26-,27+/m1/s1. The third kappa shape index (κ3) is 4.17. The average Bonchev–Trinajstić information content (AvgIpc) is 3.68. The van der Waals surface area contributed by atoms with E-state index in [1.54, 1.807) is 18.3 Å². The highest BCUT2D eigenvalue weighted by atomic mass is 19.1. The number of nitrogens with zero attached hydrogens (tertiary/aromatic N) is 5. The van der Waals surface area contributed by atoms with Crippen LogP contribution >= 0.6 is 0 Å². The van der Waals surface area contributed by atoms with Crippen LogP contribution in [0.25, 0.3) is 22.5 Å². The molecule has 1 aliphatic carbocycles. The summed E-state index contributed by atoms with van der Waals surface area (Å²) in [6.07, 6.45) is 6.10. The zero-order valence-corrected chi connectivity index (χ0v) is 21.1. The minimum atomic E-state index is -1.03. The number of hydrogen-bond donors (Lipinski definition) is 2. The van der Waals surface area contributed by atoms with Crippen molar-refractivity contribution in [3.63, 3.8) is 0 Å². The highest BCUT2D eigenvalue weighted by Crippen LogP contribution is 2.48. The van der Waals surface area contributed by atoms with Crippen LogP contribution in [0, 0.1) is 5.82 Å². The number of phenolic OH excluding ortho intramolecular Hbond substituents is 1. The molecule has 4 heterocycles. The molecule has 6 rings (SSSR count). The predicted molar refractivity (Wildman–Crippen MR) is 135 cm³/mol. The molecule has 1 saturated carbocycles. The summed E-state index contributed by atoms with van der Waals surface area (Å²) in [5.74, 6) is 0.409. The fourth-order valence-electron chi connectivity index (χ4n) is 6.07. The topological polar surface area (TPSA) is 96.3 Å². The number of piperidine rings is 1. The van der Waals surface area contributed by atoms with E-state index in [9.17, 15) is 9.50 Å². The van der Waals surface area contributed by atoms with E-state index in [4.69, 9.17) is 4.74 Å². The zero-order chi connectivity index (χ0) is 25.9. The molecular formula is C27H30F2N6O2. The Bertz CT molecular complexity index is 1340. The van der Waals surface area contributed by atoms with E-state index in [-0.39, 0.29) is 40.6 Å². The van der Waals surface area contributed by atoms with Crippen LogP contribution in [-0.4, -0.2) is 61.7 Å². The van der Waals surface area contributed by atoms with Gasteiger partial charge in [-0.05, 0) is 63.6 Å². The van der Waals surface area contributed by atoms with Crippen LogP contribution in [0.1, 0.15) is 46.0 Å². The number of anilines is 1. The van der Waals surface area contributed by atoms with Gasteiger partial charge in [0, 0.05) is 28.7 Å². The summed E-state index contributed by atoms with van der Waals surface area (Å²) in [6.45, 7) is 4.16. The maximum Gasteiger partial charge on any atom is 0.213 e. The molecule has 37 heavy (non-hydrogen) atoms. The Labute approximate surface area is 214 Å². The Balaban J connectivity index is 1.28. The van der Waals surface area contributed by atoms with E-state index in [1.165, 1.54) is 19.2 Å². The number of fused-ring (bicyclic) bond motifs is 2. The number of aromatic hydroxyl groups is 1. The van der Waals surface area contributed by atoms with Crippen molar-refractivity contribution in [2.45, 2.75) is 75.3 Å². The second-order valence-corrected chi connectivity index (χ2v) is 11.0. The molecule has 2 aromatic heterocycles. The molecular weight excluding hydrogens is 478 g/mol. The summed E-state index contributed by atoms with van der Waals surface area (Å²) in [6, 6.07) is 6.13. The van der Waals surface area contributed by atoms with Gasteiger partial charge in [-0.1, -0.05) is 6.07 Å². The van der Waals surface area contributed by atoms with Crippen molar-refractivity contribution in [2.24, 2.45) is 0 Å². The average molecular weight is 509 g/mol. The third-order valence-electron chi connectivity index (χ3n) is 8.09. The summed E-state index contributed by atoms with van der Waals surface area (Å²) in [4.78, 5) is 10.4. The van der Waals surface area contributed by atoms with Gasteiger partial charge in [-0.2, -0.15) is 0 Å². The molecule has 0 amide bonds. The van der Waals surface area contributed by atoms with Crippen molar-refractivity contribution in [1.82, 2.24) is 25.5 Å². The highest BCUT2D eigenvalue weighted by Gasteiger charge is 2.58. The van der Waals surface area contributed by atoms with Crippen LogP contribution in [0.4, 0.5) is 14.6 Å². The fourth-order valence-corrected chi connectivity index (χ4v) is 6.07. The third-order valence-corrected chi connectivity index (χ3v) is 8.09. The van der Waals surface area contributed by atoms with Crippen LogP contribution in [0.2, 0.25) is 0 Å². The Morgan fingerprint density at radius 1 is 1.08 bits per heavy atom. The number of pyridine rings is 1. The summed E-state index contributed by atoms with van der Waals surface area (Å²) >= 11 is 0. The molecule has 3 aromatic rings.